The van der Waals surface area contributed by atoms with Crippen molar-refractivity contribution < 1.29 is 14.3 Å². The second-order valence-corrected chi connectivity index (χ2v) is 4.05. The molecule has 5 nitrogen and oxygen atoms in total. The molecule has 0 heterocycles. The second kappa shape index (κ2) is 4.95. The van der Waals surface area contributed by atoms with Crippen molar-refractivity contribution in [2.45, 2.75) is 39.3 Å². The van der Waals surface area contributed by atoms with Gasteiger partial charge in [-0.15, -0.1) is 0 Å². The first-order valence-corrected chi connectivity index (χ1v) is 4.46. The van der Waals surface area contributed by atoms with Gasteiger partial charge >= 0.3 is 6.09 Å². The normalized spacial score (nSPS) is 13.2. The zero-order valence-corrected chi connectivity index (χ0v) is 9.09. The summed E-state index contributed by atoms with van der Waals surface area (Å²) in [5.41, 5.74) is 4.73. The van der Waals surface area contributed by atoms with Crippen LogP contribution in [0.1, 0.15) is 27.7 Å². The van der Waals surface area contributed by atoms with Gasteiger partial charge in [-0.25, -0.2) is 4.79 Å². The fourth-order valence-corrected chi connectivity index (χ4v) is 0.776. The fraction of sp³-hybridized carbons (Fsp3) is 0.778. The number of nitrogens with two attached hydrogens (primary N) is 1. The maximum atomic E-state index is 11.2. The third-order valence-corrected chi connectivity index (χ3v) is 1.42. The van der Waals surface area contributed by atoms with Crippen molar-refractivity contribution in [2.24, 2.45) is 5.73 Å². The summed E-state index contributed by atoms with van der Waals surface area (Å²) in [7, 11) is 0. The molecule has 0 radical (unpaired) electrons. The first-order valence-electron chi connectivity index (χ1n) is 4.46. The van der Waals surface area contributed by atoms with E-state index in [1.54, 1.807) is 20.8 Å². The zero-order valence-electron chi connectivity index (χ0n) is 9.09. The minimum absolute atomic E-state index is 0.0780. The van der Waals surface area contributed by atoms with Gasteiger partial charge in [0.15, 0.2) is 5.78 Å². The van der Waals surface area contributed by atoms with Crippen LogP contribution >= 0.6 is 0 Å². The van der Waals surface area contributed by atoms with E-state index in [0.29, 0.717) is 0 Å². The van der Waals surface area contributed by atoms with Gasteiger partial charge in [-0.2, -0.15) is 0 Å². The summed E-state index contributed by atoms with van der Waals surface area (Å²) in [5, 5.41) is 2.39. The molecule has 1 atom stereocenters. The van der Waals surface area contributed by atoms with E-state index in [-0.39, 0.29) is 12.3 Å². The van der Waals surface area contributed by atoms with E-state index in [1.807, 2.05) is 0 Å². The first kappa shape index (κ1) is 12.9. The molecule has 1 amide bonds. The van der Waals surface area contributed by atoms with Gasteiger partial charge in [-0.05, 0) is 27.7 Å². The standard InChI is InChI=1S/C9H18N2O3/c1-6(12)7(5-10)11-8(13)14-9(2,3)4/h7H,5,10H2,1-4H3,(H,11,13)/t7-/m0/s1. The van der Waals surface area contributed by atoms with Gasteiger partial charge in [0.25, 0.3) is 0 Å². The Morgan fingerprint density at radius 3 is 2.21 bits per heavy atom. The average molecular weight is 202 g/mol. The summed E-state index contributed by atoms with van der Waals surface area (Å²) in [6.45, 7) is 6.69. The molecule has 0 aliphatic heterocycles. The topological polar surface area (TPSA) is 81.4 Å². The van der Waals surface area contributed by atoms with Crippen LogP contribution in [-0.2, 0) is 9.53 Å². The highest BCUT2D eigenvalue weighted by molar-refractivity contribution is 5.85. The Bertz CT molecular complexity index is 221. The van der Waals surface area contributed by atoms with Crippen molar-refractivity contribution in [1.82, 2.24) is 5.32 Å². The fourth-order valence-electron chi connectivity index (χ4n) is 0.776. The molecule has 0 rings (SSSR count). The first-order chi connectivity index (χ1) is 6.26. The highest BCUT2D eigenvalue weighted by atomic mass is 16.6. The van der Waals surface area contributed by atoms with E-state index in [0.717, 1.165) is 0 Å². The summed E-state index contributed by atoms with van der Waals surface area (Å²) in [4.78, 5) is 22.1. The molecule has 14 heavy (non-hydrogen) atoms. The Balaban J connectivity index is 4.11. The van der Waals surface area contributed by atoms with E-state index in [2.05, 4.69) is 5.32 Å². The van der Waals surface area contributed by atoms with E-state index in [1.165, 1.54) is 6.92 Å². The summed E-state index contributed by atoms with van der Waals surface area (Å²) < 4.78 is 4.96. The van der Waals surface area contributed by atoms with Crippen LogP contribution in [0.4, 0.5) is 4.79 Å². The highest BCUT2D eigenvalue weighted by Crippen LogP contribution is 2.06. The van der Waals surface area contributed by atoms with Crippen LogP contribution in [0.15, 0.2) is 0 Å². The third kappa shape index (κ3) is 5.53. The van der Waals surface area contributed by atoms with Crippen LogP contribution < -0.4 is 11.1 Å². The molecule has 0 saturated carbocycles. The van der Waals surface area contributed by atoms with Crippen molar-refractivity contribution >= 4 is 11.9 Å². The van der Waals surface area contributed by atoms with Gasteiger partial charge in [0.2, 0.25) is 0 Å². The van der Waals surface area contributed by atoms with Gasteiger partial charge in [0.05, 0.1) is 0 Å². The molecule has 0 aromatic rings. The maximum absolute atomic E-state index is 11.2. The molecule has 0 bridgehead atoms. The maximum Gasteiger partial charge on any atom is 0.408 e. The Kier molecular flexibility index (Phi) is 4.56. The van der Waals surface area contributed by atoms with Gasteiger partial charge in [-0.1, -0.05) is 0 Å². The minimum Gasteiger partial charge on any atom is -0.444 e. The quantitative estimate of drug-likeness (QED) is 0.695. The highest BCUT2D eigenvalue weighted by Gasteiger charge is 2.20. The number of rotatable bonds is 3. The van der Waals surface area contributed by atoms with Crippen LogP contribution in [0, 0.1) is 0 Å². The smallest absolute Gasteiger partial charge is 0.408 e. The molecule has 0 aromatic carbocycles. The summed E-state index contributed by atoms with van der Waals surface area (Å²) >= 11 is 0. The van der Waals surface area contributed by atoms with Gasteiger partial charge < -0.3 is 15.8 Å². The Hall–Kier alpha value is -1.10. The molecule has 0 fully saturated rings. The second-order valence-electron chi connectivity index (χ2n) is 4.05. The number of ketones is 1. The van der Waals surface area contributed by atoms with E-state index in [4.69, 9.17) is 10.5 Å². The third-order valence-electron chi connectivity index (χ3n) is 1.42. The Morgan fingerprint density at radius 2 is 1.93 bits per heavy atom. The number of carbonyl (C=O) groups is 2. The molecule has 5 heteroatoms. The number of carbonyl (C=O) groups excluding carboxylic acids is 2. The lowest BCUT2D eigenvalue weighted by atomic mass is 10.2. The number of Topliss-reactive ketones (excluding diaryl/α,β-unsaturated/α-hetero) is 1. The molecule has 0 spiro atoms. The van der Waals surface area contributed by atoms with Crippen molar-refractivity contribution in [2.75, 3.05) is 6.54 Å². The van der Waals surface area contributed by atoms with Crippen molar-refractivity contribution in [1.29, 1.82) is 0 Å². The molecule has 82 valence electrons. The number of nitrogens with one attached hydrogen (secondary N) is 1. The number of amides is 1. The molecular formula is C9H18N2O3. The van der Waals surface area contributed by atoms with E-state index in [9.17, 15) is 9.59 Å². The molecular weight excluding hydrogens is 184 g/mol. The van der Waals surface area contributed by atoms with Gasteiger partial charge in [-0.3, -0.25) is 4.79 Å². The molecule has 0 aliphatic rings. The number of ether oxygens (including phenoxy) is 1. The molecule has 3 N–H and O–H groups in total. The van der Waals surface area contributed by atoms with Crippen molar-refractivity contribution in [3.8, 4) is 0 Å². The lowest BCUT2D eigenvalue weighted by Crippen LogP contribution is -2.46. The Morgan fingerprint density at radius 1 is 1.43 bits per heavy atom. The Labute approximate surface area is 84.0 Å². The van der Waals surface area contributed by atoms with E-state index >= 15 is 0 Å². The molecule has 0 unspecified atom stereocenters. The van der Waals surface area contributed by atoms with Gasteiger partial charge in [0.1, 0.15) is 11.6 Å². The van der Waals surface area contributed by atoms with Crippen LogP contribution in [0.5, 0.6) is 0 Å². The minimum atomic E-state index is -0.662. The molecule has 0 aromatic heterocycles. The average Bonchev–Trinajstić information content (AvgIpc) is 1.96. The van der Waals surface area contributed by atoms with E-state index < -0.39 is 17.7 Å². The van der Waals surface area contributed by atoms with Crippen molar-refractivity contribution in [3.05, 3.63) is 0 Å². The molecule has 0 saturated heterocycles. The van der Waals surface area contributed by atoms with Crippen LogP contribution in [-0.4, -0.2) is 30.1 Å². The van der Waals surface area contributed by atoms with Gasteiger partial charge in [0, 0.05) is 6.54 Å². The largest absolute Gasteiger partial charge is 0.444 e. The predicted molar refractivity (Wildman–Crippen MR) is 52.9 cm³/mol. The lowest BCUT2D eigenvalue weighted by Gasteiger charge is -2.21. The summed E-state index contributed by atoms with van der Waals surface area (Å²) in [5.74, 6) is -0.182. The van der Waals surface area contributed by atoms with Crippen LogP contribution in [0.25, 0.3) is 0 Å². The monoisotopic (exact) mass is 202 g/mol. The van der Waals surface area contributed by atoms with Crippen LogP contribution in [0.2, 0.25) is 0 Å². The SMILES string of the molecule is CC(=O)[C@H](CN)NC(=O)OC(C)(C)C. The summed E-state index contributed by atoms with van der Waals surface area (Å²) in [6, 6.07) is -0.662. The predicted octanol–water partition coefficient (Wildman–Crippen LogP) is 0.427. The summed E-state index contributed by atoms with van der Waals surface area (Å²) in [6.07, 6.45) is -0.622. The number of hydrogen-bond donors (Lipinski definition) is 2. The van der Waals surface area contributed by atoms with Crippen LogP contribution in [0.3, 0.4) is 0 Å². The zero-order chi connectivity index (χ0) is 11.4. The number of hydrogen-bond acceptors (Lipinski definition) is 4. The number of alkyl carbamates (subject to hydrolysis) is 1. The lowest BCUT2D eigenvalue weighted by molar-refractivity contribution is -0.118. The van der Waals surface area contributed by atoms with Crippen molar-refractivity contribution in [3.63, 3.8) is 0 Å². The molecule has 0 aliphatic carbocycles.